The smallest absolute Gasteiger partial charge is 0.338 e. The summed E-state index contributed by atoms with van der Waals surface area (Å²) in [5.41, 5.74) is 1.19. The molecule has 0 aromatic heterocycles. The van der Waals surface area contributed by atoms with Crippen LogP contribution >= 0.6 is 11.8 Å². The van der Waals surface area contributed by atoms with Crippen molar-refractivity contribution >= 4 is 22.8 Å². The quantitative estimate of drug-likeness (QED) is 0.596. The number of thioether (sulfide) groups is 1. The number of hydrogen-bond acceptors (Lipinski definition) is 5. The van der Waals surface area contributed by atoms with E-state index in [1.54, 1.807) is 0 Å². The molecule has 0 aliphatic carbocycles. The number of hydrogen-bond donors (Lipinski definition) is 0. The summed E-state index contributed by atoms with van der Waals surface area (Å²) in [7, 11) is 1.29. The molecular formula is C13H14O4S. The van der Waals surface area contributed by atoms with Crippen molar-refractivity contribution in [3.05, 3.63) is 35.9 Å². The zero-order chi connectivity index (χ0) is 13.0. The van der Waals surface area contributed by atoms with Crippen LogP contribution in [0.25, 0.3) is 0 Å². The zero-order valence-corrected chi connectivity index (χ0v) is 10.8. The van der Waals surface area contributed by atoms with Crippen LogP contribution in [0.3, 0.4) is 0 Å². The van der Waals surface area contributed by atoms with Crippen LogP contribution in [0, 0.1) is 0 Å². The minimum absolute atomic E-state index is 0.0960. The lowest BCUT2D eigenvalue weighted by molar-refractivity contribution is -0.142. The van der Waals surface area contributed by atoms with Crippen LogP contribution in [0.4, 0.5) is 0 Å². The third kappa shape index (κ3) is 3.34. The van der Waals surface area contributed by atoms with Crippen LogP contribution in [-0.4, -0.2) is 36.2 Å². The van der Waals surface area contributed by atoms with Crippen LogP contribution < -0.4 is 0 Å². The second-order valence-corrected chi connectivity index (χ2v) is 5.00. The maximum Gasteiger partial charge on any atom is 0.338 e. The summed E-state index contributed by atoms with van der Waals surface area (Å²) in [6.07, 6.45) is -0.475. The van der Waals surface area contributed by atoms with Gasteiger partial charge in [0.1, 0.15) is 0 Å². The number of epoxide rings is 1. The van der Waals surface area contributed by atoms with Crippen LogP contribution in [0.15, 0.2) is 30.3 Å². The summed E-state index contributed by atoms with van der Waals surface area (Å²) in [4.78, 5) is 22.7. The Morgan fingerprint density at radius 1 is 1.28 bits per heavy atom. The van der Waals surface area contributed by atoms with Gasteiger partial charge in [0.2, 0.25) is 5.12 Å². The molecule has 0 saturated carbocycles. The molecule has 96 valence electrons. The summed E-state index contributed by atoms with van der Waals surface area (Å²) in [6, 6.07) is 9.95. The number of esters is 1. The lowest BCUT2D eigenvalue weighted by Gasteiger charge is -1.99. The third-order valence-corrected chi connectivity index (χ3v) is 3.56. The molecule has 1 aromatic carbocycles. The first-order valence-electron chi connectivity index (χ1n) is 5.66. The Kier molecular flexibility index (Phi) is 4.38. The minimum Gasteiger partial charge on any atom is -0.467 e. The fraction of sp³-hybridized carbons (Fsp3) is 0.385. The number of ether oxygens (including phenoxy) is 2. The number of rotatable bonds is 5. The molecule has 1 heterocycles. The van der Waals surface area contributed by atoms with Gasteiger partial charge in [0.15, 0.2) is 12.2 Å². The first kappa shape index (κ1) is 13.1. The maximum absolute atomic E-state index is 11.7. The molecule has 0 spiro atoms. The molecule has 0 amide bonds. The number of carbonyl (C=O) groups excluding carboxylic acids is 2. The largest absolute Gasteiger partial charge is 0.467 e. The number of carbonyl (C=O) groups is 2. The van der Waals surface area contributed by atoms with Gasteiger partial charge in [-0.05, 0) is 12.0 Å². The molecule has 18 heavy (non-hydrogen) atoms. The predicted octanol–water partition coefficient (Wildman–Crippen LogP) is 1.43. The lowest BCUT2D eigenvalue weighted by Crippen LogP contribution is -2.15. The zero-order valence-electron chi connectivity index (χ0n) is 10.00. The molecule has 1 aliphatic heterocycles. The van der Waals surface area contributed by atoms with Crippen molar-refractivity contribution in [3.63, 3.8) is 0 Å². The Morgan fingerprint density at radius 2 is 2.00 bits per heavy atom. The van der Waals surface area contributed by atoms with Crippen molar-refractivity contribution in [3.8, 4) is 0 Å². The van der Waals surface area contributed by atoms with Crippen molar-refractivity contribution in [2.45, 2.75) is 18.6 Å². The monoisotopic (exact) mass is 266 g/mol. The molecule has 0 radical (unpaired) electrons. The summed E-state index contributed by atoms with van der Waals surface area (Å²) >= 11 is 1.20. The van der Waals surface area contributed by atoms with Crippen LogP contribution in [0.2, 0.25) is 0 Å². The van der Waals surface area contributed by atoms with E-state index in [-0.39, 0.29) is 5.12 Å². The second-order valence-electron chi connectivity index (χ2n) is 3.90. The van der Waals surface area contributed by atoms with Crippen LogP contribution in [0.1, 0.15) is 5.56 Å². The average Bonchev–Trinajstić information content (AvgIpc) is 3.19. The number of benzene rings is 1. The fourth-order valence-corrected chi connectivity index (χ4v) is 2.47. The van der Waals surface area contributed by atoms with Gasteiger partial charge in [0, 0.05) is 5.75 Å². The van der Waals surface area contributed by atoms with Gasteiger partial charge in [0.25, 0.3) is 0 Å². The molecule has 1 aromatic rings. The molecular weight excluding hydrogens is 252 g/mol. The van der Waals surface area contributed by atoms with Crippen LogP contribution in [0.5, 0.6) is 0 Å². The van der Waals surface area contributed by atoms with E-state index < -0.39 is 18.2 Å². The van der Waals surface area contributed by atoms with Gasteiger partial charge >= 0.3 is 5.97 Å². The minimum atomic E-state index is -0.688. The summed E-state index contributed by atoms with van der Waals surface area (Å²) in [5.74, 6) is 0.216. The van der Waals surface area contributed by atoms with Crippen molar-refractivity contribution in [1.82, 2.24) is 0 Å². The first-order chi connectivity index (χ1) is 8.72. The highest BCUT2D eigenvalue weighted by Crippen LogP contribution is 2.28. The molecule has 0 bridgehead atoms. The molecule has 1 saturated heterocycles. The van der Waals surface area contributed by atoms with Crippen molar-refractivity contribution in [1.29, 1.82) is 0 Å². The van der Waals surface area contributed by atoms with E-state index in [1.165, 1.54) is 24.4 Å². The molecule has 5 heteroatoms. The maximum atomic E-state index is 11.7. The summed E-state index contributed by atoms with van der Waals surface area (Å²) in [5, 5.41) is -0.0960. The normalized spacial score (nSPS) is 21.4. The molecule has 0 N–H and O–H groups in total. The standard InChI is InChI=1S/C13H14O4S/c1-16-12(14)10-11(17-10)13(15)18-8-7-9-5-3-2-4-6-9/h2-6,10-11H,7-8H2,1H3. The molecule has 2 unspecified atom stereocenters. The number of aryl methyl sites for hydroxylation is 1. The van der Waals surface area contributed by atoms with Gasteiger partial charge in [0.05, 0.1) is 7.11 Å². The Bertz CT molecular complexity index is 432. The first-order valence-corrected chi connectivity index (χ1v) is 6.65. The highest BCUT2D eigenvalue weighted by molar-refractivity contribution is 8.13. The highest BCUT2D eigenvalue weighted by atomic mass is 32.2. The van der Waals surface area contributed by atoms with E-state index in [4.69, 9.17) is 4.74 Å². The Morgan fingerprint density at radius 3 is 2.67 bits per heavy atom. The Labute approximate surface area is 110 Å². The van der Waals surface area contributed by atoms with E-state index >= 15 is 0 Å². The summed E-state index contributed by atoms with van der Waals surface area (Å²) < 4.78 is 9.49. The van der Waals surface area contributed by atoms with E-state index in [2.05, 4.69) is 4.74 Å². The van der Waals surface area contributed by atoms with Gasteiger partial charge in [-0.15, -0.1) is 0 Å². The van der Waals surface area contributed by atoms with Crippen molar-refractivity contribution in [2.75, 3.05) is 12.9 Å². The third-order valence-electron chi connectivity index (χ3n) is 2.64. The summed E-state index contributed by atoms with van der Waals surface area (Å²) in [6.45, 7) is 0. The number of methoxy groups -OCH3 is 1. The molecule has 1 fully saturated rings. The fourth-order valence-electron chi connectivity index (χ4n) is 1.58. The van der Waals surface area contributed by atoms with Gasteiger partial charge in [-0.2, -0.15) is 0 Å². The molecule has 4 nitrogen and oxygen atoms in total. The van der Waals surface area contributed by atoms with Crippen LogP contribution in [-0.2, 0) is 25.5 Å². The molecule has 2 rings (SSSR count). The topological polar surface area (TPSA) is 55.9 Å². The van der Waals surface area contributed by atoms with Crippen molar-refractivity contribution in [2.24, 2.45) is 0 Å². The van der Waals surface area contributed by atoms with E-state index in [1.807, 2.05) is 30.3 Å². The molecule has 1 aliphatic rings. The van der Waals surface area contributed by atoms with E-state index in [0.717, 1.165) is 6.42 Å². The molecule has 2 atom stereocenters. The van der Waals surface area contributed by atoms with E-state index in [0.29, 0.717) is 5.75 Å². The SMILES string of the molecule is COC(=O)C1OC1C(=O)SCCc1ccccc1. The van der Waals surface area contributed by atoms with Gasteiger partial charge < -0.3 is 9.47 Å². The predicted molar refractivity (Wildman–Crippen MR) is 68.3 cm³/mol. The van der Waals surface area contributed by atoms with Gasteiger partial charge in [-0.3, -0.25) is 4.79 Å². The highest BCUT2D eigenvalue weighted by Gasteiger charge is 2.51. The Hall–Kier alpha value is -1.33. The lowest BCUT2D eigenvalue weighted by atomic mass is 10.2. The van der Waals surface area contributed by atoms with Crippen molar-refractivity contribution < 1.29 is 19.1 Å². The van der Waals surface area contributed by atoms with E-state index in [9.17, 15) is 9.59 Å². The van der Waals surface area contributed by atoms with Gasteiger partial charge in [-0.1, -0.05) is 42.1 Å². The second kappa shape index (κ2) is 6.02. The Balaban J connectivity index is 1.69. The van der Waals surface area contributed by atoms with Gasteiger partial charge in [-0.25, -0.2) is 4.79 Å². The average molecular weight is 266 g/mol.